The zero-order valence-corrected chi connectivity index (χ0v) is 16.4. The Bertz CT molecular complexity index is 744. The van der Waals surface area contributed by atoms with Crippen LogP contribution in [0.1, 0.15) is 42.5 Å². The molecule has 1 aromatic heterocycles. The average molecular weight is 377 g/mol. The standard InChI is InChI=1S/C18H27N5O4/c1-18(2,3)27-17(26)23-6-5-14-13(11-23)15(19-20(14)4)16(25)22-9-7-21(12-24)8-10-22/h12H,5-11H2,1-4H3. The van der Waals surface area contributed by atoms with Gasteiger partial charge in [0.15, 0.2) is 5.69 Å². The van der Waals surface area contributed by atoms with E-state index in [1.165, 1.54) is 0 Å². The second kappa shape index (κ2) is 7.21. The number of piperazine rings is 1. The SMILES string of the molecule is Cn1nc(C(=O)N2CCN(C=O)CC2)c2c1CCN(C(=O)OC(C)(C)C)C2. The normalized spacial score (nSPS) is 17.6. The van der Waals surface area contributed by atoms with Crippen LogP contribution in [0.15, 0.2) is 0 Å². The van der Waals surface area contributed by atoms with Crippen LogP contribution in [0.4, 0.5) is 4.79 Å². The number of carbonyl (C=O) groups is 3. The van der Waals surface area contributed by atoms with Crippen molar-refractivity contribution < 1.29 is 19.1 Å². The number of ether oxygens (including phenoxy) is 1. The highest BCUT2D eigenvalue weighted by molar-refractivity contribution is 5.94. The predicted molar refractivity (Wildman–Crippen MR) is 97.1 cm³/mol. The first-order chi connectivity index (χ1) is 12.7. The molecule has 0 radical (unpaired) electrons. The Hall–Kier alpha value is -2.58. The third-order valence-corrected chi connectivity index (χ3v) is 4.85. The van der Waals surface area contributed by atoms with Crippen molar-refractivity contribution in [3.8, 4) is 0 Å². The summed E-state index contributed by atoms with van der Waals surface area (Å²) in [6.45, 7) is 8.36. The van der Waals surface area contributed by atoms with Crippen LogP contribution in [0.2, 0.25) is 0 Å². The number of rotatable bonds is 2. The number of hydrogen-bond donors (Lipinski definition) is 0. The van der Waals surface area contributed by atoms with Crippen LogP contribution in [0.3, 0.4) is 0 Å². The summed E-state index contributed by atoms with van der Waals surface area (Å²) in [6.07, 6.45) is 1.06. The summed E-state index contributed by atoms with van der Waals surface area (Å²) in [5, 5.41) is 4.44. The van der Waals surface area contributed by atoms with E-state index in [0.717, 1.165) is 17.7 Å². The quantitative estimate of drug-likeness (QED) is 0.706. The summed E-state index contributed by atoms with van der Waals surface area (Å²) < 4.78 is 7.20. The Balaban J connectivity index is 1.77. The van der Waals surface area contributed by atoms with Crippen LogP contribution >= 0.6 is 0 Å². The third kappa shape index (κ3) is 4.06. The van der Waals surface area contributed by atoms with Gasteiger partial charge in [0, 0.05) is 57.4 Å². The minimum absolute atomic E-state index is 0.150. The molecule has 1 saturated heterocycles. The Kier molecular flexibility index (Phi) is 5.12. The highest BCUT2D eigenvalue weighted by Gasteiger charge is 2.33. The molecule has 0 unspecified atom stereocenters. The molecule has 1 aromatic rings. The van der Waals surface area contributed by atoms with Crippen LogP contribution in [0.25, 0.3) is 0 Å². The van der Waals surface area contributed by atoms with Crippen molar-refractivity contribution in [2.45, 2.75) is 39.3 Å². The summed E-state index contributed by atoms with van der Waals surface area (Å²) in [5.41, 5.74) is 1.59. The van der Waals surface area contributed by atoms with Crippen molar-refractivity contribution in [3.63, 3.8) is 0 Å². The molecule has 9 nitrogen and oxygen atoms in total. The number of fused-ring (bicyclic) bond motifs is 1. The summed E-state index contributed by atoms with van der Waals surface area (Å²) >= 11 is 0. The number of nitrogens with zero attached hydrogens (tertiary/aromatic N) is 5. The molecule has 0 aromatic carbocycles. The fourth-order valence-electron chi connectivity index (χ4n) is 3.43. The van der Waals surface area contributed by atoms with Gasteiger partial charge in [-0.25, -0.2) is 4.79 Å². The molecular formula is C18H27N5O4. The van der Waals surface area contributed by atoms with E-state index in [4.69, 9.17) is 4.74 Å². The fraction of sp³-hybridized carbons (Fsp3) is 0.667. The van der Waals surface area contributed by atoms with Crippen molar-refractivity contribution in [1.29, 1.82) is 0 Å². The van der Waals surface area contributed by atoms with E-state index in [-0.39, 0.29) is 12.0 Å². The molecule has 0 atom stereocenters. The number of carbonyl (C=O) groups excluding carboxylic acids is 3. The van der Waals surface area contributed by atoms with Crippen molar-refractivity contribution in [2.24, 2.45) is 7.05 Å². The summed E-state index contributed by atoms with van der Waals surface area (Å²) in [7, 11) is 1.82. The van der Waals surface area contributed by atoms with Crippen LogP contribution < -0.4 is 0 Å². The van der Waals surface area contributed by atoms with Gasteiger partial charge in [-0.1, -0.05) is 0 Å². The monoisotopic (exact) mass is 377 g/mol. The van der Waals surface area contributed by atoms with Crippen LogP contribution in [0.5, 0.6) is 0 Å². The first-order valence-electron chi connectivity index (χ1n) is 9.21. The fourth-order valence-corrected chi connectivity index (χ4v) is 3.43. The minimum Gasteiger partial charge on any atom is -0.444 e. The molecule has 2 aliphatic heterocycles. The van der Waals surface area contributed by atoms with Gasteiger partial charge < -0.3 is 19.4 Å². The average Bonchev–Trinajstić information content (AvgIpc) is 2.96. The predicted octanol–water partition coefficient (Wildman–Crippen LogP) is 0.628. The van der Waals surface area contributed by atoms with Crippen molar-refractivity contribution in [2.75, 3.05) is 32.7 Å². The molecule has 0 N–H and O–H groups in total. The van der Waals surface area contributed by atoms with Gasteiger partial charge in [-0.15, -0.1) is 0 Å². The topological polar surface area (TPSA) is 88.0 Å². The lowest BCUT2D eigenvalue weighted by atomic mass is 10.0. The Morgan fingerprint density at radius 2 is 1.74 bits per heavy atom. The maximum atomic E-state index is 13.0. The lowest BCUT2D eigenvalue weighted by Crippen LogP contribution is -2.48. The molecule has 0 spiro atoms. The number of aryl methyl sites for hydroxylation is 1. The van der Waals surface area contributed by atoms with Gasteiger partial charge in [-0.3, -0.25) is 14.3 Å². The zero-order valence-electron chi connectivity index (χ0n) is 16.4. The summed E-state index contributed by atoms with van der Waals surface area (Å²) in [4.78, 5) is 41.3. The molecule has 0 aliphatic carbocycles. The smallest absolute Gasteiger partial charge is 0.410 e. The Morgan fingerprint density at radius 1 is 1.07 bits per heavy atom. The molecule has 0 saturated carbocycles. The molecule has 27 heavy (non-hydrogen) atoms. The number of hydrogen-bond acceptors (Lipinski definition) is 5. The van der Waals surface area contributed by atoms with Gasteiger partial charge >= 0.3 is 6.09 Å². The first kappa shape index (κ1) is 19.2. The molecule has 2 aliphatic rings. The second-order valence-corrected chi connectivity index (χ2v) is 7.98. The second-order valence-electron chi connectivity index (χ2n) is 7.98. The van der Waals surface area contributed by atoms with Crippen molar-refractivity contribution >= 4 is 18.4 Å². The molecular weight excluding hydrogens is 350 g/mol. The van der Waals surface area contributed by atoms with Gasteiger partial charge in [-0.05, 0) is 20.8 Å². The third-order valence-electron chi connectivity index (χ3n) is 4.85. The molecule has 3 heterocycles. The van der Waals surface area contributed by atoms with E-state index in [0.29, 0.717) is 51.4 Å². The molecule has 3 amide bonds. The van der Waals surface area contributed by atoms with E-state index >= 15 is 0 Å². The van der Waals surface area contributed by atoms with Crippen LogP contribution in [-0.4, -0.2) is 81.2 Å². The van der Waals surface area contributed by atoms with Crippen molar-refractivity contribution in [3.05, 3.63) is 17.0 Å². The molecule has 3 rings (SSSR count). The van der Waals surface area contributed by atoms with E-state index in [9.17, 15) is 14.4 Å². The van der Waals surface area contributed by atoms with Crippen LogP contribution in [-0.2, 0) is 29.5 Å². The number of amides is 3. The number of aromatic nitrogens is 2. The summed E-state index contributed by atoms with van der Waals surface area (Å²) in [6, 6.07) is 0. The lowest BCUT2D eigenvalue weighted by molar-refractivity contribution is -0.119. The van der Waals surface area contributed by atoms with Gasteiger partial charge in [-0.2, -0.15) is 5.10 Å². The van der Waals surface area contributed by atoms with E-state index < -0.39 is 5.60 Å². The van der Waals surface area contributed by atoms with Gasteiger partial charge in [0.25, 0.3) is 5.91 Å². The van der Waals surface area contributed by atoms with Crippen molar-refractivity contribution in [1.82, 2.24) is 24.5 Å². The largest absolute Gasteiger partial charge is 0.444 e. The van der Waals surface area contributed by atoms with E-state index in [1.807, 2.05) is 27.8 Å². The lowest BCUT2D eigenvalue weighted by Gasteiger charge is -2.33. The maximum Gasteiger partial charge on any atom is 0.410 e. The molecule has 9 heteroatoms. The van der Waals surface area contributed by atoms with Gasteiger partial charge in [0.05, 0.1) is 6.54 Å². The van der Waals surface area contributed by atoms with Gasteiger partial charge in [0.2, 0.25) is 6.41 Å². The van der Waals surface area contributed by atoms with E-state index in [2.05, 4.69) is 5.10 Å². The zero-order chi connectivity index (χ0) is 19.8. The minimum atomic E-state index is -0.566. The highest BCUT2D eigenvalue weighted by atomic mass is 16.6. The highest BCUT2D eigenvalue weighted by Crippen LogP contribution is 2.25. The molecule has 0 bridgehead atoms. The molecule has 1 fully saturated rings. The molecule has 148 valence electrons. The maximum absolute atomic E-state index is 13.0. The first-order valence-corrected chi connectivity index (χ1v) is 9.21. The Labute approximate surface area is 158 Å². The van der Waals surface area contributed by atoms with Gasteiger partial charge in [0.1, 0.15) is 5.60 Å². The Morgan fingerprint density at radius 3 is 2.33 bits per heavy atom. The van der Waals surface area contributed by atoms with E-state index in [1.54, 1.807) is 19.4 Å². The van der Waals surface area contributed by atoms with Crippen LogP contribution in [0, 0.1) is 0 Å². The summed E-state index contributed by atoms with van der Waals surface area (Å²) in [5.74, 6) is -0.150.